The van der Waals surface area contributed by atoms with Gasteiger partial charge in [0.05, 0.1) is 0 Å². The van der Waals surface area contributed by atoms with Crippen molar-refractivity contribution in [2.45, 2.75) is 46.5 Å². The Morgan fingerprint density at radius 2 is 2.00 bits per heavy atom. The molecule has 1 atom stereocenters. The molecule has 1 unspecified atom stereocenters. The van der Waals surface area contributed by atoms with Crippen molar-refractivity contribution < 1.29 is 4.79 Å². The molecule has 0 aliphatic heterocycles. The third kappa shape index (κ3) is 6.50. The van der Waals surface area contributed by atoms with E-state index < -0.39 is 0 Å². The minimum atomic E-state index is 0.284. The first-order valence-corrected chi connectivity index (χ1v) is 6.13. The lowest BCUT2D eigenvalue weighted by Gasteiger charge is -2.24. The Kier molecular flexibility index (Phi) is 8.38. The lowest BCUT2D eigenvalue weighted by molar-refractivity contribution is -0.131. The van der Waals surface area contributed by atoms with Crippen molar-refractivity contribution >= 4 is 5.91 Å². The second-order valence-electron chi connectivity index (χ2n) is 4.19. The van der Waals surface area contributed by atoms with Crippen molar-refractivity contribution in [1.29, 1.82) is 0 Å². The molecule has 0 saturated carbocycles. The summed E-state index contributed by atoms with van der Waals surface area (Å²) in [7, 11) is 0. The van der Waals surface area contributed by atoms with Crippen LogP contribution in [0.5, 0.6) is 0 Å². The molecule has 1 amide bonds. The van der Waals surface area contributed by atoms with Crippen LogP contribution in [0.15, 0.2) is 0 Å². The standard InChI is InChI=1S/C12H26N2O/c1-4-11(3)10-14(5-2)12(15)8-6-7-9-13/h11H,4-10,13H2,1-3H3. The minimum absolute atomic E-state index is 0.284. The highest BCUT2D eigenvalue weighted by atomic mass is 16.2. The third-order valence-electron chi connectivity index (χ3n) is 2.81. The first-order valence-electron chi connectivity index (χ1n) is 6.13. The predicted molar refractivity (Wildman–Crippen MR) is 64.6 cm³/mol. The summed E-state index contributed by atoms with van der Waals surface area (Å²) < 4.78 is 0. The average Bonchev–Trinajstić information content (AvgIpc) is 2.25. The van der Waals surface area contributed by atoms with Gasteiger partial charge >= 0.3 is 0 Å². The molecular weight excluding hydrogens is 188 g/mol. The normalized spacial score (nSPS) is 12.5. The Morgan fingerprint density at radius 3 is 2.47 bits per heavy atom. The molecular formula is C12H26N2O. The predicted octanol–water partition coefficient (Wildman–Crippen LogP) is 2.01. The van der Waals surface area contributed by atoms with Crippen LogP contribution in [0.1, 0.15) is 46.5 Å². The largest absolute Gasteiger partial charge is 0.343 e. The van der Waals surface area contributed by atoms with Gasteiger partial charge in [0.25, 0.3) is 0 Å². The number of nitrogens with zero attached hydrogens (tertiary/aromatic N) is 1. The van der Waals surface area contributed by atoms with E-state index in [9.17, 15) is 4.79 Å². The maximum absolute atomic E-state index is 11.8. The smallest absolute Gasteiger partial charge is 0.222 e. The summed E-state index contributed by atoms with van der Waals surface area (Å²) >= 11 is 0. The highest BCUT2D eigenvalue weighted by Gasteiger charge is 2.13. The van der Waals surface area contributed by atoms with E-state index in [1.165, 1.54) is 0 Å². The summed E-state index contributed by atoms with van der Waals surface area (Å²) in [4.78, 5) is 13.7. The number of rotatable bonds is 8. The molecule has 15 heavy (non-hydrogen) atoms. The van der Waals surface area contributed by atoms with Crippen LogP contribution in [-0.4, -0.2) is 30.4 Å². The van der Waals surface area contributed by atoms with E-state index in [0.29, 0.717) is 18.9 Å². The Labute approximate surface area is 94.0 Å². The van der Waals surface area contributed by atoms with Gasteiger partial charge in [0.1, 0.15) is 0 Å². The van der Waals surface area contributed by atoms with Gasteiger partial charge < -0.3 is 10.6 Å². The van der Waals surface area contributed by atoms with E-state index in [2.05, 4.69) is 13.8 Å². The van der Waals surface area contributed by atoms with Crippen molar-refractivity contribution in [3.8, 4) is 0 Å². The summed E-state index contributed by atoms with van der Waals surface area (Å²) in [5.41, 5.74) is 5.40. The zero-order chi connectivity index (χ0) is 11.7. The number of carbonyl (C=O) groups excluding carboxylic acids is 1. The second-order valence-corrected chi connectivity index (χ2v) is 4.19. The Hall–Kier alpha value is -0.570. The topological polar surface area (TPSA) is 46.3 Å². The molecule has 90 valence electrons. The van der Waals surface area contributed by atoms with Crippen LogP contribution in [0.3, 0.4) is 0 Å². The van der Waals surface area contributed by atoms with Gasteiger partial charge in [-0.05, 0) is 32.2 Å². The molecule has 0 aliphatic rings. The van der Waals surface area contributed by atoms with Crippen molar-refractivity contribution in [2.24, 2.45) is 11.7 Å². The molecule has 0 saturated heterocycles. The van der Waals surface area contributed by atoms with Crippen LogP contribution < -0.4 is 5.73 Å². The quantitative estimate of drug-likeness (QED) is 0.628. The number of hydrogen-bond acceptors (Lipinski definition) is 2. The van der Waals surface area contributed by atoms with Crippen molar-refractivity contribution in [1.82, 2.24) is 4.90 Å². The molecule has 2 N–H and O–H groups in total. The van der Waals surface area contributed by atoms with Crippen molar-refractivity contribution in [3.05, 3.63) is 0 Å². The minimum Gasteiger partial charge on any atom is -0.343 e. The molecule has 0 aliphatic carbocycles. The van der Waals surface area contributed by atoms with Crippen LogP contribution in [0.25, 0.3) is 0 Å². The highest BCUT2D eigenvalue weighted by molar-refractivity contribution is 5.76. The summed E-state index contributed by atoms with van der Waals surface area (Å²) in [6.45, 7) is 8.81. The molecule has 0 bridgehead atoms. The molecule has 3 nitrogen and oxygen atoms in total. The van der Waals surface area contributed by atoms with Gasteiger partial charge in [0.15, 0.2) is 0 Å². The summed E-state index contributed by atoms with van der Waals surface area (Å²) in [6, 6.07) is 0. The highest BCUT2D eigenvalue weighted by Crippen LogP contribution is 2.07. The Bertz CT molecular complexity index is 171. The zero-order valence-corrected chi connectivity index (χ0v) is 10.5. The Morgan fingerprint density at radius 1 is 1.33 bits per heavy atom. The number of carbonyl (C=O) groups is 1. The number of nitrogens with two attached hydrogens (primary N) is 1. The SMILES string of the molecule is CCC(C)CN(CC)C(=O)CCCCN. The van der Waals surface area contributed by atoms with Crippen LogP contribution >= 0.6 is 0 Å². The van der Waals surface area contributed by atoms with Gasteiger partial charge in [-0.1, -0.05) is 20.3 Å². The van der Waals surface area contributed by atoms with Gasteiger partial charge in [-0.15, -0.1) is 0 Å². The first kappa shape index (κ1) is 14.4. The first-order chi connectivity index (χ1) is 7.15. The second kappa shape index (κ2) is 8.72. The van der Waals surface area contributed by atoms with E-state index in [-0.39, 0.29) is 5.91 Å². The number of amides is 1. The maximum atomic E-state index is 11.8. The summed E-state index contributed by atoms with van der Waals surface area (Å²) in [5.74, 6) is 0.884. The monoisotopic (exact) mass is 214 g/mol. The zero-order valence-electron chi connectivity index (χ0n) is 10.5. The molecule has 0 spiro atoms. The fourth-order valence-electron chi connectivity index (χ4n) is 1.49. The molecule has 0 aromatic heterocycles. The van der Waals surface area contributed by atoms with Crippen LogP contribution in [-0.2, 0) is 4.79 Å². The number of hydrogen-bond donors (Lipinski definition) is 1. The Balaban J connectivity index is 3.88. The fourth-order valence-corrected chi connectivity index (χ4v) is 1.49. The third-order valence-corrected chi connectivity index (χ3v) is 2.81. The molecule has 0 aromatic rings. The summed E-state index contributed by atoms with van der Waals surface area (Å²) in [5, 5.41) is 0. The molecule has 0 fully saturated rings. The van der Waals surface area contributed by atoms with E-state index in [0.717, 1.165) is 32.4 Å². The van der Waals surface area contributed by atoms with Crippen molar-refractivity contribution in [2.75, 3.05) is 19.6 Å². The van der Waals surface area contributed by atoms with Crippen LogP contribution in [0.4, 0.5) is 0 Å². The van der Waals surface area contributed by atoms with E-state index in [1.807, 2.05) is 11.8 Å². The maximum Gasteiger partial charge on any atom is 0.222 e. The molecule has 0 radical (unpaired) electrons. The molecule has 0 aromatic carbocycles. The van der Waals surface area contributed by atoms with Crippen molar-refractivity contribution in [3.63, 3.8) is 0 Å². The number of unbranched alkanes of at least 4 members (excludes halogenated alkanes) is 1. The molecule has 3 heteroatoms. The van der Waals surface area contributed by atoms with Crippen LogP contribution in [0, 0.1) is 5.92 Å². The summed E-state index contributed by atoms with van der Waals surface area (Å²) in [6.07, 6.45) is 3.66. The molecule has 0 rings (SSSR count). The van der Waals surface area contributed by atoms with Gasteiger partial charge in [0.2, 0.25) is 5.91 Å². The van der Waals surface area contributed by atoms with Gasteiger partial charge in [-0.2, -0.15) is 0 Å². The van der Waals surface area contributed by atoms with E-state index in [4.69, 9.17) is 5.73 Å². The van der Waals surface area contributed by atoms with Gasteiger partial charge in [-0.3, -0.25) is 4.79 Å². The van der Waals surface area contributed by atoms with Gasteiger partial charge in [0, 0.05) is 19.5 Å². The lowest BCUT2D eigenvalue weighted by atomic mass is 10.1. The van der Waals surface area contributed by atoms with Gasteiger partial charge in [-0.25, -0.2) is 0 Å². The van der Waals surface area contributed by atoms with E-state index >= 15 is 0 Å². The van der Waals surface area contributed by atoms with E-state index in [1.54, 1.807) is 0 Å². The lowest BCUT2D eigenvalue weighted by Crippen LogP contribution is -2.34. The average molecular weight is 214 g/mol. The fraction of sp³-hybridized carbons (Fsp3) is 0.917. The molecule has 0 heterocycles. The van der Waals surface area contributed by atoms with Crippen LogP contribution in [0.2, 0.25) is 0 Å².